The molecule has 1 aromatic carbocycles. The van der Waals surface area contributed by atoms with E-state index in [0.717, 1.165) is 6.42 Å². The van der Waals surface area contributed by atoms with Gasteiger partial charge in [0.1, 0.15) is 6.10 Å². The molecule has 3 unspecified atom stereocenters. The van der Waals surface area contributed by atoms with Gasteiger partial charge in [0.2, 0.25) is 0 Å². The van der Waals surface area contributed by atoms with Gasteiger partial charge in [-0.15, -0.1) is 0 Å². The Morgan fingerprint density at radius 2 is 2.11 bits per heavy atom. The molecule has 1 aliphatic heterocycles. The number of esters is 1. The van der Waals surface area contributed by atoms with Crippen LogP contribution >= 0.6 is 15.9 Å². The van der Waals surface area contributed by atoms with Crippen molar-refractivity contribution in [2.24, 2.45) is 0 Å². The van der Waals surface area contributed by atoms with E-state index in [1.807, 2.05) is 30.3 Å². The van der Waals surface area contributed by atoms with E-state index in [-0.39, 0.29) is 23.3 Å². The maximum atomic E-state index is 11.4. The fourth-order valence-corrected chi connectivity index (χ4v) is 2.75. The lowest BCUT2D eigenvalue weighted by Crippen LogP contribution is -2.51. The van der Waals surface area contributed by atoms with Crippen molar-refractivity contribution in [3.63, 3.8) is 0 Å². The second-order valence-electron chi connectivity index (χ2n) is 4.99. The van der Waals surface area contributed by atoms with Gasteiger partial charge in [-0.3, -0.25) is 4.79 Å². The fourth-order valence-electron chi connectivity index (χ4n) is 2.22. The molecule has 1 fully saturated rings. The van der Waals surface area contributed by atoms with Gasteiger partial charge in [0.25, 0.3) is 0 Å². The molecular formula is C14H17BrO3. The molecule has 1 N–H and O–H groups in total. The predicted octanol–water partition coefficient (Wildman–Crippen LogP) is 2.45. The Morgan fingerprint density at radius 3 is 2.78 bits per heavy atom. The lowest BCUT2D eigenvalue weighted by Gasteiger charge is -2.38. The van der Waals surface area contributed by atoms with E-state index in [9.17, 15) is 9.90 Å². The molecular weight excluding hydrogens is 296 g/mol. The Bertz CT molecular complexity index is 416. The molecule has 3 atom stereocenters. The first-order valence-corrected chi connectivity index (χ1v) is 7.00. The molecule has 0 spiro atoms. The largest absolute Gasteiger partial charge is 0.461 e. The first-order chi connectivity index (χ1) is 8.49. The van der Waals surface area contributed by atoms with Crippen molar-refractivity contribution in [1.82, 2.24) is 0 Å². The minimum atomic E-state index is -1.03. The van der Waals surface area contributed by atoms with Crippen LogP contribution in [0.1, 0.15) is 25.3 Å². The maximum absolute atomic E-state index is 11.4. The van der Waals surface area contributed by atoms with Crippen molar-refractivity contribution >= 4 is 21.9 Å². The molecule has 2 rings (SSSR count). The molecule has 0 radical (unpaired) electrons. The normalized spacial score (nSPS) is 32.1. The van der Waals surface area contributed by atoms with Gasteiger partial charge >= 0.3 is 5.97 Å². The van der Waals surface area contributed by atoms with Crippen LogP contribution in [0, 0.1) is 0 Å². The summed E-state index contributed by atoms with van der Waals surface area (Å²) in [5, 5.41) is 10.1. The summed E-state index contributed by atoms with van der Waals surface area (Å²) >= 11 is 3.45. The number of cyclic esters (lactones) is 1. The maximum Gasteiger partial charge on any atom is 0.309 e. The van der Waals surface area contributed by atoms with Crippen molar-refractivity contribution in [2.75, 3.05) is 0 Å². The molecule has 0 saturated carbocycles. The number of aryl methyl sites for hydroxylation is 1. The van der Waals surface area contributed by atoms with E-state index in [4.69, 9.17) is 4.74 Å². The first kappa shape index (κ1) is 13.6. The Kier molecular flexibility index (Phi) is 4.07. The molecule has 1 aliphatic rings. The minimum absolute atomic E-state index is 0.0464. The monoisotopic (exact) mass is 312 g/mol. The zero-order valence-electron chi connectivity index (χ0n) is 10.3. The smallest absolute Gasteiger partial charge is 0.309 e. The summed E-state index contributed by atoms with van der Waals surface area (Å²) in [5.74, 6) is -0.325. The number of hydrogen-bond acceptors (Lipinski definition) is 3. The number of benzene rings is 1. The average molecular weight is 313 g/mol. The van der Waals surface area contributed by atoms with Crippen LogP contribution in [-0.2, 0) is 16.0 Å². The van der Waals surface area contributed by atoms with Crippen molar-refractivity contribution in [2.45, 2.75) is 42.7 Å². The highest BCUT2D eigenvalue weighted by molar-refractivity contribution is 9.09. The van der Waals surface area contributed by atoms with E-state index in [2.05, 4.69) is 15.9 Å². The molecule has 1 heterocycles. The Balaban J connectivity index is 1.98. The van der Waals surface area contributed by atoms with Gasteiger partial charge in [-0.25, -0.2) is 0 Å². The zero-order valence-corrected chi connectivity index (χ0v) is 11.9. The number of aliphatic hydroxyl groups is 1. The summed E-state index contributed by atoms with van der Waals surface area (Å²) in [5.41, 5.74) is 0.176. The van der Waals surface area contributed by atoms with Crippen molar-refractivity contribution < 1.29 is 14.6 Å². The van der Waals surface area contributed by atoms with Crippen LogP contribution in [0.2, 0.25) is 0 Å². The van der Waals surface area contributed by atoms with Crippen molar-refractivity contribution in [3.8, 4) is 0 Å². The first-order valence-electron chi connectivity index (χ1n) is 6.09. The summed E-state index contributed by atoms with van der Waals surface area (Å²) < 4.78 is 5.31. The van der Waals surface area contributed by atoms with E-state index in [1.165, 1.54) is 5.56 Å². The predicted molar refractivity (Wildman–Crippen MR) is 72.6 cm³/mol. The van der Waals surface area contributed by atoms with Crippen molar-refractivity contribution in [3.05, 3.63) is 35.9 Å². The number of hydrogen-bond donors (Lipinski definition) is 1. The zero-order chi connectivity index (χ0) is 13.2. The molecule has 0 aliphatic carbocycles. The van der Waals surface area contributed by atoms with Crippen molar-refractivity contribution in [1.29, 1.82) is 0 Å². The van der Waals surface area contributed by atoms with E-state index >= 15 is 0 Å². The summed E-state index contributed by atoms with van der Waals surface area (Å²) in [6.07, 6.45) is 1.31. The highest BCUT2D eigenvalue weighted by Gasteiger charge is 2.44. The fraction of sp³-hybridized carbons (Fsp3) is 0.500. The standard InChI is InChI=1S/C14H17BrO3/c1-14(17)9-12(16)18-11(13(14)15)8-7-10-5-3-2-4-6-10/h2-6,11,13,17H,7-9H2,1H3. The van der Waals surface area contributed by atoms with Crippen LogP contribution in [0.4, 0.5) is 0 Å². The van der Waals surface area contributed by atoms with Gasteiger partial charge in [0.05, 0.1) is 16.8 Å². The van der Waals surface area contributed by atoms with E-state index in [1.54, 1.807) is 6.92 Å². The van der Waals surface area contributed by atoms with Crippen LogP contribution < -0.4 is 0 Å². The molecule has 98 valence electrons. The summed E-state index contributed by atoms with van der Waals surface area (Å²) in [4.78, 5) is 11.2. The second kappa shape index (κ2) is 5.41. The Hall–Kier alpha value is -0.870. The molecule has 0 amide bonds. The Morgan fingerprint density at radius 1 is 1.44 bits per heavy atom. The van der Waals surface area contributed by atoms with E-state index in [0.29, 0.717) is 6.42 Å². The van der Waals surface area contributed by atoms with Crippen LogP contribution in [0.15, 0.2) is 30.3 Å². The van der Waals surface area contributed by atoms with Gasteiger partial charge in [-0.2, -0.15) is 0 Å². The number of rotatable bonds is 3. The molecule has 4 heteroatoms. The summed E-state index contributed by atoms with van der Waals surface area (Å²) in [6.45, 7) is 1.67. The van der Waals surface area contributed by atoms with Gasteiger partial charge in [-0.05, 0) is 25.3 Å². The molecule has 1 saturated heterocycles. The Labute approximate surface area is 115 Å². The quantitative estimate of drug-likeness (QED) is 0.689. The highest BCUT2D eigenvalue weighted by Crippen LogP contribution is 2.33. The number of halogens is 1. The molecule has 0 aromatic heterocycles. The molecule has 3 nitrogen and oxygen atoms in total. The second-order valence-corrected chi connectivity index (χ2v) is 5.97. The lowest BCUT2D eigenvalue weighted by molar-refractivity contribution is -0.166. The number of ether oxygens (including phenoxy) is 1. The summed E-state index contributed by atoms with van der Waals surface area (Å²) in [6, 6.07) is 10.0. The SMILES string of the molecule is CC1(O)CC(=O)OC(CCc2ccccc2)C1Br. The lowest BCUT2D eigenvalue weighted by atomic mass is 9.89. The third-order valence-corrected chi connectivity index (χ3v) is 4.84. The summed E-state index contributed by atoms with van der Waals surface area (Å²) in [7, 11) is 0. The number of alkyl halides is 1. The van der Waals surface area contributed by atoms with Gasteiger partial charge in [-0.1, -0.05) is 46.3 Å². The third kappa shape index (κ3) is 3.12. The third-order valence-electron chi connectivity index (χ3n) is 3.27. The van der Waals surface area contributed by atoms with E-state index < -0.39 is 5.60 Å². The topological polar surface area (TPSA) is 46.5 Å². The highest BCUT2D eigenvalue weighted by atomic mass is 79.9. The average Bonchev–Trinajstić information content (AvgIpc) is 2.33. The van der Waals surface area contributed by atoms with Crippen LogP contribution in [0.5, 0.6) is 0 Å². The van der Waals surface area contributed by atoms with Crippen LogP contribution in [0.3, 0.4) is 0 Å². The molecule has 1 aromatic rings. The molecule has 0 bridgehead atoms. The van der Waals surface area contributed by atoms with Gasteiger partial charge in [0, 0.05) is 0 Å². The van der Waals surface area contributed by atoms with Crippen LogP contribution in [0.25, 0.3) is 0 Å². The van der Waals surface area contributed by atoms with Gasteiger partial charge in [0.15, 0.2) is 0 Å². The number of carbonyl (C=O) groups excluding carboxylic acids is 1. The van der Waals surface area contributed by atoms with Crippen LogP contribution in [-0.4, -0.2) is 27.6 Å². The number of carbonyl (C=O) groups is 1. The van der Waals surface area contributed by atoms with Gasteiger partial charge < -0.3 is 9.84 Å². The molecule has 18 heavy (non-hydrogen) atoms. The minimum Gasteiger partial charge on any atom is -0.461 e.